The Labute approximate surface area is 336 Å². The zero-order valence-electron chi connectivity index (χ0n) is 31.6. The number of rotatable bonds is 7. The Hall–Kier alpha value is -4.74. The first-order chi connectivity index (χ1) is 28.0. The number of likely N-dealkylation sites (tertiary alicyclic amines) is 2. The van der Waals surface area contributed by atoms with Gasteiger partial charge in [-0.3, -0.25) is 4.90 Å². The number of thiophene rings is 1. The lowest BCUT2D eigenvalue weighted by Crippen LogP contribution is -2.49. The summed E-state index contributed by atoms with van der Waals surface area (Å²) in [4.78, 5) is 29.3. The second-order valence-electron chi connectivity index (χ2n) is 16.0. The molecule has 20 heteroatoms. The van der Waals surface area contributed by atoms with Crippen LogP contribution < -0.4 is 15.4 Å². The molecule has 2 amide bonds. The number of likely N-dealkylation sites (N-methyl/N-ethyl adjacent to an activating group) is 1. The van der Waals surface area contributed by atoms with Gasteiger partial charge in [0.15, 0.2) is 0 Å². The van der Waals surface area contributed by atoms with Crippen LogP contribution in [0.1, 0.15) is 55.7 Å². The molecule has 5 saturated heterocycles. The van der Waals surface area contributed by atoms with Crippen molar-refractivity contribution in [1.82, 2.24) is 24.7 Å². The second kappa shape index (κ2) is 14.2. The number of amides is 2. The van der Waals surface area contributed by atoms with Crippen molar-refractivity contribution in [3.05, 3.63) is 40.7 Å². The molecular weight excluding hydrogens is 813 g/mol. The number of fused-ring (bicyclic) bond motifs is 5. The highest BCUT2D eigenvalue weighted by Crippen LogP contribution is 2.52. The lowest BCUT2D eigenvalue weighted by Gasteiger charge is -2.33. The van der Waals surface area contributed by atoms with Crippen LogP contribution in [0.4, 0.5) is 50.7 Å². The number of carbonyl (C=O) groups is 1. The number of hydrogen-bond donors (Lipinski definition) is 1. The zero-order valence-corrected chi connectivity index (χ0v) is 32.4. The fourth-order valence-electron chi connectivity index (χ4n) is 10.0. The largest absolute Gasteiger partial charge is 0.461 e. The van der Waals surface area contributed by atoms with E-state index in [1.807, 2.05) is 4.90 Å². The number of alkyl halides is 7. The summed E-state index contributed by atoms with van der Waals surface area (Å²) in [5.41, 5.74) is -1.81. The zero-order chi connectivity index (χ0) is 41.8. The van der Waals surface area contributed by atoms with E-state index in [1.54, 1.807) is 27.7 Å². The summed E-state index contributed by atoms with van der Waals surface area (Å²) in [6.45, 7) is 3.53. The number of hydrogen-bond acceptors (Lipinski definition) is 10. The number of morpholine rings is 1. The van der Waals surface area contributed by atoms with Crippen LogP contribution in [-0.2, 0) is 17.1 Å². The molecule has 59 heavy (non-hydrogen) atoms. The molecule has 5 atom stereocenters. The Morgan fingerprint density at radius 2 is 1.95 bits per heavy atom. The molecule has 2 bridgehead atoms. The average molecular weight is 851 g/mol. The fraction of sp³-hybridized carbons (Fsp3) is 0.538. The monoisotopic (exact) mass is 850 g/mol. The Bertz CT molecular complexity index is 2400. The van der Waals surface area contributed by atoms with Gasteiger partial charge in [0.25, 0.3) is 0 Å². The van der Waals surface area contributed by atoms with Crippen molar-refractivity contribution in [3.63, 3.8) is 0 Å². The summed E-state index contributed by atoms with van der Waals surface area (Å²) in [5, 5.41) is 8.57. The maximum absolute atomic E-state index is 15.8. The van der Waals surface area contributed by atoms with Crippen LogP contribution in [-0.4, -0.2) is 113 Å². The number of nitrogens with two attached hydrogens (primary N) is 1. The number of ether oxygens (including phenoxy) is 2. The fourth-order valence-corrected chi connectivity index (χ4v) is 11.0. The minimum absolute atomic E-state index is 0.0543. The van der Waals surface area contributed by atoms with E-state index in [1.165, 1.54) is 0 Å². The summed E-state index contributed by atoms with van der Waals surface area (Å²) in [5.74, 6) is -1.26. The predicted molar refractivity (Wildman–Crippen MR) is 201 cm³/mol. The molecule has 314 valence electrons. The Balaban J connectivity index is 1.24. The van der Waals surface area contributed by atoms with Crippen LogP contribution in [0.5, 0.6) is 6.01 Å². The molecule has 0 aliphatic carbocycles. The summed E-state index contributed by atoms with van der Waals surface area (Å²) in [6, 6.07) is 2.34. The normalized spacial score (nSPS) is 25.8. The molecule has 0 spiro atoms. The summed E-state index contributed by atoms with van der Waals surface area (Å²) < 4.78 is 135. The molecule has 5 fully saturated rings. The molecule has 2 aromatic heterocycles. The van der Waals surface area contributed by atoms with E-state index in [0.717, 1.165) is 25.0 Å². The van der Waals surface area contributed by atoms with Gasteiger partial charge in [-0.15, -0.1) is 11.3 Å². The highest BCUT2D eigenvalue weighted by molar-refractivity contribution is 7.23. The Kier molecular flexibility index (Phi) is 9.55. The van der Waals surface area contributed by atoms with E-state index in [0.29, 0.717) is 49.9 Å². The molecule has 2 aromatic carbocycles. The van der Waals surface area contributed by atoms with Gasteiger partial charge in [0, 0.05) is 61.5 Å². The number of halogens is 8. The van der Waals surface area contributed by atoms with E-state index in [-0.39, 0.29) is 72.9 Å². The van der Waals surface area contributed by atoms with Crippen LogP contribution in [0.3, 0.4) is 0 Å². The van der Waals surface area contributed by atoms with Gasteiger partial charge in [-0.05, 0) is 56.8 Å². The van der Waals surface area contributed by atoms with Gasteiger partial charge >= 0.3 is 24.4 Å². The maximum Gasteiger partial charge on any atom is 0.419 e. The third kappa shape index (κ3) is 6.54. The van der Waals surface area contributed by atoms with E-state index >= 15 is 30.7 Å². The van der Waals surface area contributed by atoms with Crippen molar-refractivity contribution in [2.24, 2.45) is 0 Å². The standard InChI is InChI=1S/C39H38F8N8O3S/c1-2-54(20-6-9-52(15-20)36(56)55-16-22-10-21(55)17-57-22)34-24-11-26(38(42,43)44)29(23-4-5-27(41)32-28(23)25(13-48)33(49)59-32)30(39(45,46)47)31(24)50-35(51-34)58-18-37-7-3-8-53(37)14-19(40)12-37/h4-5,11,19-22H,2-3,6-10,12,14-18,49H2,1H3/t19-,20+,21+,22+,37+/m1/s1. The minimum Gasteiger partial charge on any atom is -0.461 e. The molecule has 5 aliphatic rings. The molecule has 0 saturated carbocycles. The topological polar surface area (TPSA) is 124 Å². The van der Waals surface area contributed by atoms with Gasteiger partial charge in [0.05, 0.1) is 51.2 Å². The summed E-state index contributed by atoms with van der Waals surface area (Å²) >= 11 is 0.532. The number of nitriles is 1. The number of urea groups is 1. The Morgan fingerprint density at radius 3 is 2.63 bits per heavy atom. The molecule has 4 aromatic rings. The van der Waals surface area contributed by atoms with Crippen molar-refractivity contribution in [1.29, 1.82) is 5.26 Å². The molecule has 0 radical (unpaired) electrons. The third-order valence-corrected chi connectivity index (χ3v) is 13.6. The first kappa shape index (κ1) is 39.7. The minimum atomic E-state index is -5.52. The maximum atomic E-state index is 15.8. The molecular formula is C39H38F8N8O3S. The van der Waals surface area contributed by atoms with Gasteiger partial charge in [-0.2, -0.15) is 41.6 Å². The van der Waals surface area contributed by atoms with Crippen LogP contribution in [0.2, 0.25) is 0 Å². The first-order valence-corrected chi connectivity index (χ1v) is 20.2. The van der Waals surface area contributed by atoms with Gasteiger partial charge in [-0.25, -0.2) is 13.6 Å². The lowest BCUT2D eigenvalue weighted by molar-refractivity contribution is -0.141. The first-order valence-electron chi connectivity index (χ1n) is 19.4. The SMILES string of the molecule is CCN(c1nc(OC[C@@]23CCCN2C[C@H](F)C3)nc2c(C(F)(F)F)c(-c3ccc(F)c4sc(N)c(C#N)c34)c(C(F)(F)F)cc12)[C@H]1CCN(C(=O)N2C[C@@H]3C[C@H]2CO3)C1. The number of nitrogens with zero attached hydrogens (tertiary/aromatic N) is 7. The molecule has 11 nitrogen and oxygen atoms in total. The smallest absolute Gasteiger partial charge is 0.419 e. The van der Waals surface area contributed by atoms with Crippen molar-refractivity contribution < 1.29 is 49.4 Å². The number of benzene rings is 2. The molecule has 5 aliphatic heterocycles. The molecule has 2 N–H and O–H groups in total. The van der Waals surface area contributed by atoms with E-state index in [9.17, 15) is 14.4 Å². The second-order valence-corrected chi connectivity index (χ2v) is 17.0. The lowest BCUT2D eigenvalue weighted by atomic mass is 9.88. The highest BCUT2D eigenvalue weighted by atomic mass is 32.1. The van der Waals surface area contributed by atoms with Crippen molar-refractivity contribution >= 4 is 49.2 Å². The van der Waals surface area contributed by atoms with E-state index < -0.39 is 86.0 Å². The van der Waals surface area contributed by atoms with Crippen LogP contribution in [0, 0.1) is 17.1 Å². The molecule has 9 rings (SSSR count). The van der Waals surface area contributed by atoms with Gasteiger partial charge in [0.1, 0.15) is 35.5 Å². The van der Waals surface area contributed by atoms with Crippen molar-refractivity contribution in [3.8, 4) is 23.2 Å². The summed E-state index contributed by atoms with van der Waals surface area (Å²) in [6.07, 6.45) is -9.71. The third-order valence-electron chi connectivity index (χ3n) is 12.6. The van der Waals surface area contributed by atoms with Gasteiger partial charge in [0.2, 0.25) is 0 Å². The van der Waals surface area contributed by atoms with Crippen LogP contribution in [0.25, 0.3) is 32.1 Å². The van der Waals surface area contributed by atoms with Gasteiger partial charge < -0.3 is 29.9 Å². The Morgan fingerprint density at radius 1 is 1.15 bits per heavy atom. The van der Waals surface area contributed by atoms with E-state index in [4.69, 9.17) is 15.2 Å². The molecule has 7 heterocycles. The number of nitrogen functional groups attached to an aromatic ring is 1. The van der Waals surface area contributed by atoms with Crippen LogP contribution >= 0.6 is 11.3 Å². The highest BCUT2D eigenvalue weighted by Gasteiger charge is 2.50. The van der Waals surface area contributed by atoms with Crippen molar-refractivity contribution in [2.45, 2.75) is 81.3 Å². The number of anilines is 2. The number of aromatic nitrogens is 2. The van der Waals surface area contributed by atoms with Crippen LogP contribution in [0.15, 0.2) is 18.2 Å². The van der Waals surface area contributed by atoms with E-state index in [2.05, 4.69) is 9.97 Å². The molecule has 0 unspecified atom stereocenters. The predicted octanol–water partition coefficient (Wildman–Crippen LogP) is 7.59. The average Bonchev–Trinajstić information content (AvgIpc) is 4.04. The number of carbonyl (C=O) groups excluding carboxylic acids is 1. The summed E-state index contributed by atoms with van der Waals surface area (Å²) in [7, 11) is 0. The van der Waals surface area contributed by atoms with Gasteiger partial charge in [-0.1, -0.05) is 6.07 Å². The van der Waals surface area contributed by atoms with Crippen molar-refractivity contribution in [2.75, 3.05) is 63.1 Å². The quantitative estimate of drug-likeness (QED) is 0.188.